The Bertz CT molecular complexity index is 335. The molecule has 1 saturated carbocycles. The maximum Gasteiger partial charge on any atom is 0.153 e. The van der Waals surface area contributed by atoms with Gasteiger partial charge in [0.15, 0.2) is 5.82 Å². The van der Waals surface area contributed by atoms with Crippen molar-refractivity contribution in [3.05, 3.63) is 11.6 Å². The van der Waals surface area contributed by atoms with Crippen molar-refractivity contribution in [1.82, 2.24) is 20.5 Å². The first kappa shape index (κ1) is 10.3. The summed E-state index contributed by atoms with van der Waals surface area (Å²) >= 11 is 0. The fourth-order valence-electron chi connectivity index (χ4n) is 2.55. The van der Waals surface area contributed by atoms with E-state index >= 15 is 0 Å². The number of nitrogens with zero attached hydrogens (tertiary/aromatic N) is 2. The second kappa shape index (κ2) is 4.53. The third-order valence-electron chi connectivity index (χ3n) is 3.88. The summed E-state index contributed by atoms with van der Waals surface area (Å²) in [4.78, 5) is 4.67. The Labute approximate surface area is 96.2 Å². The predicted molar refractivity (Wildman–Crippen MR) is 62.2 cm³/mol. The zero-order valence-corrected chi connectivity index (χ0v) is 9.71. The normalized spacial score (nSPS) is 27.4. The van der Waals surface area contributed by atoms with Crippen molar-refractivity contribution in [1.29, 1.82) is 0 Å². The molecule has 0 amide bonds. The molecule has 16 heavy (non-hydrogen) atoms. The fourth-order valence-corrected chi connectivity index (χ4v) is 2.55. The van der Waals surface area contributed by atoms with Crippen molar-refractivity contribution in [3.8, 4) is 0 Å². The SMILES string of the molecule is C1CCNC(c2nc(C3CCC3)n[nH]2)CC1. The maximum atomic E-state index is 4.67. The van der Waals surface area contributed by atoms with Gasteiger partial charge in [0, 0.05) is 5.92 Å². The average molecular weight is 220 g/mol. The lowest BCUT2D eigenvalue weighted by Crippen LogP contribution is -2.21. The third-order valence-corrected chi connectivity index (χ3v) is 3.88. The number of hydrogen-bond acceptors (Lipinski definition) is 3. The molecule has 2 fully saturated rings. The van der Waals surface area contributed by atoms with Crippen molar-refractivity contribution < 1.29 is 0 Å². The van der Waals surface area contributed by atoms with E-state index in [1.807, 2.05) is 0 Å². The van der Waals surface area contributed by atoms with Crippen molar-refractivity contribution in [2.24, 2.45) is 0 Å². The molecular weight excluding hydrogens is 200 g/mol. The van der Waals surface area contributed by atoms with Crippen LogP contribution in [-0.2, 0) is 0 Å². The van der Waals surface area contributed by atoms with Crippen LogP contribution in [0, 0.1) is 0 Å². The van der Waals surface area contributed by atoms with Gasteiger partial charge in [0.1, 0.15) is 5.82 Å². The molecule has 1 aromatic rings. The van der Waals surface area contributed by atoms with Crippen LogP contribution in [0.1, 0.15) is 68.6 Å². The van der Waals surface area contributed by atoms with Crippen molar-refractivity contribution in [2.75, 3.05) is 6.54 Å². The van der Waals surface area contributed by atoms with Crippen LogP contribution in [0.4, 0.5) is 0 Å². The van der Waals surface area contributed by atoms with Gasteiger partial charge in [0.2, 0.25) is 0 Å². The smallest absolute Gasteiger partial charge is 0.153 e. The number of H-pyrrole nitrogens is 1. The Morgan fingerprint density at radius 1 is 1.00 bits per heavy atom. The van der Waals surface area contributed by atoms with Gasteiger partial charge in [-0.05, 0) is 32.2 Å². The summed E-state index contributed by atoms with van der Waals surface area (Å²) in [6.45, 7) is 1.12. The molecule has 0 aromatic carbocycles. The van der Waals surface area contributed by atoms with Gasteiger partial charge in [0.25, 0.3) is 0 Å². The second-order valence-electron chi connectivity index (χ2n) is 5.06. The lowest BCUT2D eigenvalue weighted by molar-refractivity contribution is 0.401. The summed E-state index contributed by atoms with van der Waals surface area (Å²) in [5, 5.41) is 11.0. The van der Waals surface area contributed by atoms with Crippen molar-refractivity contribution in [2.45, 2.75) is 56.9 Å². The highest BCUT2D eigenvalue weighted by Gasteiger charge is 2.25. The number of rotatable bonds is 2. The molecule has 0 spiro atoms. The monoisotopic (exact) mass is 220 g/mol. The summed E-state index contributed by atoms with van der Waals surface area (Å²) in [6, 6.07) is 0.406. The molecule has 1 saturated heterocycles. The molecule has 88 valence electrons. The van der Waals surface area contributed by atoms with Crippen LogP contribution in [0.25, 0.3) is 0 Å². The van der Waals surface area contributed by atoms with Gasteiger partial charge in [-0.2, -0.15) is 5.10 Å². The van der Waals surface area contributed by atoms with Gasteiger partial charge in [0.05, 0.1) is 6.04 Å². The molecule has 2 heterocycles. The zero-order valence-electron chi connectivity index (χ0n) is 9.71. The van der Waals surface area contributed by atoms with E-state index in [0.717, 1.165) is 18.2 Å². The minimum absolute atomic E-state index is 0.406. The van der Waals surface area contributed by atoms with E-state index in [1.54, 1.807) is 0 Å². The second-order valence-corrected chi connectivity index (χ2v) is 5.06. The van der Waals surface area contributed by atoms with Gasteiger partial charge in [-0.1, -0.05) is 19.3 Å². The van der Waals surface area contributed by atoms with E-state index < -0.39 is 0 Å². The number of aromatic amines is 1. The highest BCUT2D eigenvalue weighted by atomic mass is 15.2. The molecule has 1 aliphatic carbocycles. The molecule has 0 radical (unpaired) electrons. The predicted octanol–water partition coefficient (Wildman–Crippen LogP) is 2.28. The van der Waals surface area contributed by atoms with Gasteiger partial charge < -0.3 is 5.32 Å². The highest BCUT2D eigenvalue weighted by molar-refractivity contribution is 5.04. The molecule has 1 aromatic heterocycles. The van der Waals surface area contributed by atoms with Crippen LogP contribution >= 0.6 is 0 Å². The van der Waals surface area contributed by atoms with E-state index in [2.05, 4.69) is 20.5 Å². The standard InChI is InChI=1S/C12H20N4/c1-2-7-10(13-8-3-1)12-14-11(15-16-12)9-5-4-6-9/h9-10,13H,1-8H2,(H,14,15,16). The van der Waals surface area contributed by atoms with Gasteiger partial charge in [-0.3, -0.25) is 5.10 Å². The lowest BCUT2D eigenvalue weighted by Gasteiger charge is -2.21. The quantitative estimate of drug-likeness (QED) is 0.804. The summed E-state index contributed by atoms with van der Waals surface area (Å²) in [5.41, 5.74) is 0. The van der Waals surface area contributed by atoms with E-state index in [0.29, 0.717) is 12.0 Å². The van der Waals surface area contributed by atoms with E-state index in [4.69, 9.17) is 0 Å². The molecule has 1 unspecified atom stereocenters. The summed E-state index contributed by atoms with van der Waals surface area (Å²) in [7, 11) is 0. The third kappa shape index (κ3) is 1.98. The molecule has 1 atom stereocenters. The van der Waals surface area contributed by atoms with Crippen molar-refractivity contribution >= 4 is 0 Å². The van der Waals surface area contributed by atoms with Crippen LogP contribution in [0.2, 0.25) is 0 Å². The van der Waals surface area contributed by atoms with Gasteiger partial charge in [-0.25, -0.2) is 4.98 Å². The Morgan fingerprint density at radius 3 is 2.75 bits per heavy atom. The Balaban J connectivity index is 1.70. The Kier molecular flexibility index (Phi) is 2.91. The minimum atomic E-state index is 0.406. The Morgan fingerprint density at radius 2 is 1.94 bits per heavy atom. The topological polar surface area (TPSA) is 53.6 Å². The minimum Gasteiger partial charge on any atom is -0.307 e. The Hall–Kier alpha value is -0.900. The molecule has 2 aliphatic rings. The molecule has 2 N–H and O–H groups in total. The molecular formula is C12H20N4. The molecule has 4 nitrogen and oxygen atoms in total. The highest BCUT2D eigenvalue weighted by Crippen LogP contribution is 2.34. The maximum absolute atomic E-state index is 4.67. The molecule has 1 aliphatic heterocycles. The first-order valence-corrected chi connectivity index (χ1v) is 6.59. The first-order chi connectivity index (χ1) is 7.93. The number of aromatic nitrogens is 3. The summed E-state index contributed by atoms with van der Waals surface area (Å²) < 4.78 is 0. The van der Waals surface area contributed by atoms with Gasteiger partial charge in [-0.15, -0.1) is 0 Å². The van der Waals surface area contributed by atoms with Gasteiger partial charge >= 0.3 is 0 Å². The largest absolute Gasteiger partial charge is 0.307 e. The number of hydrogen-bond donors (Lipinski definition) is 2. The van der Waals surface area contributed by atoms with Crippen LogP contribution in [-0.4, -0.2) is 21.7 Å². The van der Waals surface area contributed by atoms with E-state index in [9.17, 15) is 0 Å². The molecule has 3 rings (SSSR count). The summed E-state index contributed by atoms with van der Waals surface area (Å²) in [6.07, 6.45) is 9.02. The van der Waals surface area contributed by atoms with Crippen LogP contribution in [0.15, 0.2) is 0 Å². The zero-order chi connectivity index (χ0) is 10.8. The molecule has 0 bridgehead atoms. The van der Waals surface area contributed by atoms with E-state index in [-0.39, 0.29) is 0 Å². The van der Waals surface area contributed by atoms with E-state index in [1.165, 1.54) is 44.9 Å². The van der Waals surface area contributed by atoms with Crippen LogP contribution < -0.4 is 5.32 Å². The lowest BCUT2D eigenvalue weighted by atomic mass is 9.85. The van der Waals surface area contributed by atoms with Crippen LogP contribution in [0.5, 0.6) is 0 Å². The molecule has 4 heteroatoms. The van der Waals surface area contributed by atoms with Crippen LogP contribution in [0.3, 0.4) is 0 Å². The summed E-state index contributed by atoms with van der Waals surface area (Å²) in [5.74, 6) is 2.74. The van der Waals surface area contributed by atoms with Crippen molar-refractivity contribution in [3.63, 3.8) is 0 Å². The first-order valence-electron chi connectivity index (χ1n) is 6.59. The average Bonchev–Trinajstić information content (AvgIpc) is 2.52. The number of nitrogens with one attached hydrogen (secondary N) is 2. The fraction of sp³-hybridized carbons (Fsp3) is 0.833.